The van der Waals surface area contributed by atoms with Crippen molar-refractivity contribution < 1.29 is 4.74 Å². The van der Waals surface area contributed by atoms with Crippen LogP contribution in [0.25, 0.3) is 10.2 Å². The van der Waals surface area contributed by atoms with Crippen molar-refractivity contribution in [2.45, 2.75) is 45.6 Å². The highest BCUT2D eigenvalue weighted by atomic mass is 32.1. The second kappa shape index (κ2) is 6.06. The van der Waals surface area contributed by atoms with Gasteiger partial charge in [0.2, 0.25) is 0 Å². The van der Waals surface area contributed by atoms with E-state index in [0.29, 0.717) is 6.10 Å². The van der Waals surface area contributed by atoms with Gasteiger partial charge in [0, 0.05) is 24.4 Å². The molecule has 2 aromatic rings. The lowest BCUT2D eigenvalue weighted by molar-refractivity contribution is 0.120. The summed E-state index contributed by atoms with van der Waals surface area (Å²) in [5.74, 6) is 1.88. The standard InChI is InChI=1S/C15H21N3OS/c1-3-11-8-12-14(16-9-10-6-5-7-19-10)17-13(4-2)18-15(12)20-11/h8,10H,3-7,9H2,1-2H3,(H,16,17,18). The summed E-state index contributed by atoms with van der Waals surface area (Å²) < 4.78 is 5.67. The first-order valence-electron chi connectivity index (χ1n) is 7.45. The Hall–Kier alpha value is -1.20. The lowest BCUT2D eigenvalue weighted by atomic mass is 10.2. The van der Waals surface area contributed by atoms with Crippen LogP contribution in [0.4, 0.5) is 5.82 Å². The molecule has 0 amide bonds. The lowest BCUT2D eigenvalue weighted by Gasteiger charge is -2.12. The van der Waals surface area contributed by atoms with Gasteiger partial charge in [-0.25, -0.2) is 9.97 Å². The highest BCUT2D eigenvalue weighted by molar-refractivity contribution is 7.18. The Morgan fingerprint density at radius 3 is 2.95 bits per heavy atom. The molecule has 1 fully saturated rings. The lowest BCUT2D eigenvalue weighted by Crippen LogP contribution is -2.19. The Balaban J connectivity index is 1.87. The van der Waals surface area contributed by atoms with Gasteiger partial charge in [0.25, 0.3) is 0 Å². The predicted molar refractivity (Wildman–Crippen MR) is 83.6 cm³/mol. The van der Waals surface area contributed by atoms with E-state index in [9.17, 15) is 0 Å². The van der Waals surface area contributed by atoms with Gasteiger partial charge in [0.05, 0.1) is 11.5 Å². The maximum atomic E-state index is 5.67. The first kappa shape index (κ1) is 13.8. The number of nitrogens with zero attached hydrogens (tertiary/aromatic N) is 2. The van der Waals surface area contributed by atoms with Gasteiger partial charge in [-0.1, -0.05) is 13.8 Å². The molecule has 3 rings (SSSR count). The van der Waals surface area contributed by atoms with E-state index in [2.05, 4.69) is 35.2 Å². The fourth-order valence-electron chi connectivity index (χ4n) is 2.50. The van der Waals surface area contributed by atoms with Gasteiger partial charge in [0.15, 0.2) is 0 Å². The van der Waals surface area contributed by atoms with Crippen LogP contribution >= 0.6 is 11.3 Å². The summed E-state index contributed by atoms with van der Waals surface area (Å²) in [6, 6.07) is 2.22. The zero-order valence-electron chi connectivity index (χ0n) is 12.1. The summed E-state index contributed by atoms with van der Waals surface area (Å²) in [7, 11) is 0. The van der Waals surface area contributed by atoms with Crippen molar-refractivity contribution in [2.24, 2.45) is 0 Å². The molecule has 108 valence electrons. The summed E-state index contributed by atoms with van der Waals surface area (Å²) in [5.41, 5.74) is 0. The van der Waals surface area contributed by atoms with Crippen molar-refractivity contribution in [3.05, 3.63) is 16.8 Å². The van der Waals surface area contributed by atoms with Crippen LogP contribution in [0.3, 0.4) is 0 Å². The molecule has 1 aliphatic heterocycles. The number of thiophene rings is 1. The molecule has 0 bridgehead atoms. The van der Waals surface area contributed by atoms with E-state index in [1.165, 1.54) is 11.3 Å². The number of aromatic nitrogens is 2. The van der Waals surface area contributed by atoms with E-state index in [-0.39, 0.29) is 0 Å². The number of nitrogens with one attached hydrogen (secondary N) is 1. The maximum absolute atomic E-state index is 5.67. The molecular formula is C15H21N3OS. The van der Waals surface area contributed by atoms with Crippen molar-refractivity contribution in [1.82, 2.24) is 9.97 Å². The molecule has 0 saturated carbocycles. The largest absolute Gasteiger partial charge is 0.376 e. The first-order valence-corrected chi connectivity index (χ1v) is 8.26. The molecule has 1 N–H and O–H groups in total. The summed E-state index contributed by atoms with van der Waals surface area (Å²) in [6.07, 6.45) is 4.56. The topological polar surface area (TPSA) is 47.0 Å². The van der Waals surface area contributed by atoms with E-state index in [4.69, 9.17) is 4.74 Å². The molecule has 1 unspecified atom stereocenters. The molecule has 5 heteroatoms. The molecule has 1 saturated heterocycles. The minimum absolute atomic E-state index is 0.328. The Bertz CT molecular complexity index is 590. The van der Waals surface area contributed by atoms with Crippen LogP contribution in [0.2, 0.25) is 0 Å². The van der Waals surface area contributed by atoms with Crippen molar-refractivity contribution in [3.63, 3.8) is 0 Å². The van der Waals surface area contributed by atoms with Crippen LogP contribution < -0.4 is 5.32 Å². The highest BCUT2D eigenvalue weighted by Gasteiger charge is 2.17. The molecule has 2 aromatic heterocycles. The molecule has 1 atom stereocenters. The van der Waals surface area contributed by atoms with E-state index < -0.39 is 0 Å². The molecule has 0 aromatic carbocycles. The van der Waals surface area contributed by atoms with Gasteiger partial charge in [-0.05, 0) is 25.3 Å². The Labute approximate surface area is 123 Å². The number of ether oxygens (including phenoxy) is 1. The van der Waals surface area contributed by atoms with Crippen LogP contribution in [0.1, 0.15) is 37.4 Å². The molecule has 20 heavy (non-hydrogen) atoms. The Morgan fingerprint density at radius 2 is 2.25 bits per heavy atom. The van der Waals surface area contributed by atoms with Gasteiger partial charge in [-0.15, -0.1) is 11.3 Å². The average Bonchev–Trinajstić information content (AvgIpc) is 3.12. The molecule has 0 spiro atoms. The zero-order valence-corrected chi connectivity index (χ0v) is 12.9. The fraction of sp³-hybridized carbons (Fsp3) is 0.600. The smallest absolute Gasteiger partial charge is 0.138 e. The number of hydrogen-bond acceptors (Lipinski definition) is 5. The van der Waals surface area contributed by atoms with Gasteiger partial charge in [-0.3, -0.25) is 0 Å². The zero-order chi connectivity index (χ0) is 13.9. The summed E-state index contributed by atoms with van der Waals surface area (Å²) in [5, 5.41) is 4.63. The van der Waals surface area contributed by atoms with Crippen LogP contribution in [0.15, 0.2) is 6.07 Å². The van der Waals surface area contributed by atoms with E-state index in [1.807, 2.05) is 0 Å². The number of fused-ring (bicyclic) bond motifs is 1. The number of anilines is 1. The number of rotatable bonds is 5. The average molecular weight is 291 g/mol. The van der Waals surface area contributed by atoms with E-state index in [1.54, 1.807) is 11.3 Å². The minimum Gasteiger partial charge on any atom is -0.376 e. The number of aryl methyl sites for hydroxylation is 2. The molecule has 4 nitrogen and oxygen atoms in total. The van der Waals surface area contributed by atoms with Crippen molar-refractivity contribution >= 4 is 27.4 Å². The van der Waals surface area contributed by atoms with Gasteiger partial charge in [0.1, 0.15) is 16.5 Å². The molecular weight excluding hydrogens is 270 g/mol. The second-order valence-corrected chi connectivity index (χ2v) is 6.26. The third kappa shape index (κ3) is 2.79. The fourth-order valence-corrected chi connectivity index (χ4v) is 3.48. The van der Waals surface area contributed by atoms with Gasteiger partial charge >= 0.3 is 0 Å². The second-order valence-electron chi connectivity index (χ2n) is 5.14. The predicted octanol–water partition coefficient (Wildman–Crippen LogP) is 3.41. The third-order valence-corrected chi connectivity index (χ3v) is 4.85. The van der Waals surface area contributed by atoms with Crippen molar-refractivity contribution in [3.8, 4) is 0 Å². The maximum Gasteiger partial charge on any atom is 0.138 e. The Kier molecular flexibility index (Phi) is 4.17. The molecule has 3 heterocycles. The van der Waals surface area contributed by atoms with E-state index >= 15 is 0 Å². The van der Waals surface area contributed by atoms with Crippen molar-refractivity contribution in [2.75, 3.05) is 18.5 Å². The normalized spacial score (nSPS) is 18.8. The van der Waals surface area contributed by atoms with Crippen molar-refractivity contribution in [1.29, 1.82) is 0 Å². The van der Waals surface area contributed by atoms with Gasteiger partial charge in [-0.2, -0.15) is 0 Å². The van der Waals surface area contributed by atoms with Crippen LogP contribution in [0, 0.1) is 0 Å². The van der Waals surface area contributed by atoms with Crippen LogP contribution in [-0.4, -0.2) is 29.2 Å². The molecule has 0 aliphatic carbocycles. The first-order chi connectivity index (χ1) is 9.80. The van der Waals surface area contributed by atoms with Crippen LogP contribution in [-0.2, 0) is 17.6 Å². The van der Waals surface area contributed by atoms with Gasteiger partial charge < -0.3 is 10.1 Å². The Morgan fingerprint density at radius 1 is 1.35 bits per heavy atom. The summed E-state index contributed by atoms with van der Waals surface area (Å²) in [6.45, 7) is 6.01. The summed E-state index contributed by atoms with van der Waals surface area (Å²) in [4.78, 5) is 11.8. The minimum atomic E-state index is 0.328. The van der Waals surface area contributed by atoms with Crippen LogP contribution in [0.5, 0.6) is 0 Å². The SMILES string of the molecule is CCc1nc(NCC2CCCO2)c2cc(CC)sc2n1. The highest BCUT2D eigenvalue weighted by Crippen LogP contribution is 2.29. The number of hydrogen-bond donors (Lipinski definition) is 1. The van der Waals surface area contributed by atoms with E-state index in [0.717, 1.165) is 54.3 Å². The quantitative estimate of drug-likeness (QED) is 0.917. The monoisotopic (exact) mass is 291 g/mol. The molecule has 1 aliphatic rings. The third-order valence-electron chi connectivity index (χ3n) is 3.68. The summed E-state index contributed by atoms with van der Waals surface area (Å²) >= 11 is 1.78. The molecule has 0 radical (unpaired) electrons.